The van der Waals surface area contributed by atoms with Gasteiger partial charge in [-0.25, -0.2) is 0 Å². The van der Waals surface area contributed by atoms with E-state index in [0.29, 0.717) is 12.8 Å². The zero-order chi connectivity index (χ0) is 33.9. The van der Waals surface area contributed by atoms with Gasteiger partial charge >= 0.3 is 0 Å². The number of allylic oxidation sites excluding steroid dienone is 1. The zero-order valence-electron chi connectivity index (χ0n) is 30.7. The molecule has 0 aliphatic rings. The van der Waals surface area contributed by atoms with E-state index in [9.17, 15) is 9.90 Å². The fourth-order valence-corrected chi connectivity index (χ4v) is 10.9. The van der Waals surface area contributed by atoms with Crippen molar-refractivity contribution in [2.45, 2.75) is 187 Å². The maximum absolute atomic E-state index is 12.7. The minimum absolute atomic E-state index is 0.0371. The summed E-state index contributed by atoms with van der Waals surface area (Å²) in [5.41, 5.74) is 1.08. The van der Waals surface area contributed by atoms with Crippen LogP contribution in [-0.4, -0.2) is 60.3 Å². The van der Waals surface area contributed by atoms with Crippen molar-refractivity contribution < 1.29 is 23.2 Å². The van der Waals surface area contributed by atoms with Crippen molar-refractivity contribution in [1.29, 1.82) is 0 Å². The predicted molar refractivity (Wildman–Crippen MR) is 203 cm³/mol. The van der Waals surface area contributed by atoms with Gasteiger partial charge in [0.05, 0.1) is 12.2 Å². The largest absolute Gasteiger partial charge is 0.414 e. The first-order valence-electron chi connectivity index (χ1n) is 16.6. The maximum atomic E-state index is 12.7. The minimum atomic E-state index is -2.08. The second-order valence-corrected chi connectivity index (χ2v) is 30.6. The highest BCUT2D eigenvalue weighted by atomic mass is 127. The molecule has 0 aromatic carbocycles. The van der Waals surface area contributed by atoms with Gasteiger partial charge < -0.3 is 18.4 Å². The first-order chi connectivity index (χ1) is 19.5. The Morgan fingerprint density at radius 3 is 1.74 bits per heavy atom. The molecule has 0 aromatic heterocycles. The zero-order valence-corrected chi connectivity index (χ0v) is 35.8. The normalized spacial score (nSPS) is 17.3. The van der Waals surface area contributed by atoms with Crippen LogP contribution in [0.4, 0.5) is 0 Å². The van der Waals surface area contributed by atoms with Gasteiger partial charge in [-0.05, 0) is 104 Å². The van der Waals surface area contributed by atoms with Gasteiger partial charge in [0, 0.05) is 18.6 Å². The number of hydrogen-bond donors (Lipinski definition) is 1. The molecule has 0 fully saturated rings. The van der Waals surface area contributed by atoms with E-state index in [1.165, 1.54) is 0 Å². The molecule has 0 saturated heterocycles. The Hall–Kier alpha value is 0.371. The molecule has 0 spiro atoms. The van der Waals surface area contributed by atoms with Crippen LogP contribution in [-0.2, 0) is 18.1 Å². The molecule has 254 valence electrons. The molecule has 43 heavy (non-hydrogen) atoms. The second-order valence-electron chi connectivity index (χ2n) is 15.8. The van der Waals surface area contributed by atoms with E-state index in [2.05, 4.69) is 118 Å². The molecule has 9 heteroatoms. The molecule has 0 heterocycles. The first kappa shape index (κ1) is 43.4. The highest BCUT2D eigenvalue weighted by Gasteiger charge is 2.42. The topological polar surface area (TPSA) is 65.0 Å². The fraction of sp³-hybridized carbons (Fsp3) is 0.853. The summed E-state index contributed by atoms with van der Waals surface area (Å²) in [5, 5.41) is 10.6. The summed E-state index contributed by atoms with van der Waals surface area (Å²) in [5.74, 6) is -0.0431. The molecule has 0 aliphatic carbocycles. The number of hydrogen-bond acceptors (Lipinski definition) is 5. The molecular formula is C34H69IO5Si3. The van der Waals surface area contributed by atoms with Gasteiger partial charge in [0.15, 0.2) is 30.7 Å². The average molecular weight is 769 g/mol. The lowest BCUT2D eigenvalue weighted by Crippen LogP contribution is -2.47. The third-order valence-corrected chi connectivity index (χ3v) is 24.8. The quantitative estimate of drug-likeness (QED) is 0.0759. The van der Waals surface area contributed by atoms with Crippen LogP contribution in [0.25, 0.3) is 0 Å². The van der Waals surface area contributed by atoms with Crippen LogP contribution in [0.15, 0.2) is 21.8 Å². The molecule has 0 aromatic rings. The van der Waals surface area contributed by atoms with Crippen molar-refractivity contribution in [3.05, 3.63) is 21.8 Å². The molecule has 0 aliphatic heterocycles. The van der Waals surface area contributed by atoms with Gasteiger partial charge in [-0.1, -0.05) is 96.6 Å². The molecule has 1 N–H and O–H groups in total. The third kappa shape index (κ3) is 15.7. The monoisotopic (exact) mass is 768 g/mol. The lowest BCUT2D eigenvalue weighted by Gasteiger charge is -2.42. The SMILES string of the molecule is CC[Si](CC)(CC)O[C@H](C[C@H](C/C=C/C(=O)C[C@@H](O)C/C(C)=C/I)O[Si](C)(C)C(C)(C)C)C[C@@H](C)O[Si](C)(C)C(C)(C)C. The lowest BCUT2D eigenvalue weighted by atomic mass is 10.0. The van der Waals surface area contributed by atoms with Crippen LogP contribution >= 0.6 is 22.6 Å². The number of halogens is 1. The van der Waals surface area contributed by atoms with Gasteiger partial charge in [0.25, 0.3) is 0 Å². The predicted octanol–water partition coefficient (Wildman–Crippen LogP) is 11.0. The Kier molecular flexibility index (Phi) is 18.8. The molecule has 0 rings (SSSR count). The van der Waals surface area contributed by atoms with E-state index in [-0.39, 0.29) is 40.6 Å². The van der Waals surface area contributed by atoms with Crippen LogP contribution in [0.1, 0.15) is 108 Å². The average Bonchev–Trinajstić information content (AvgIpc) is 2.84. The number of rotatable bonds is 20. The Labute approximate surface area is 283 Å². The van der Waals surface area contributed by atoms with E-state index in [1.54, 1.807) is 6.08 Å². The molecule has 0 saturated carbocycles. The Balaban J connectivity index is 6.17. The summed E-state index contributed by atoms with van der Waals surface area (Å²) in [6, 6.07) is 3.31. The van der Waals surface area contributed by atoms with Gasteiger partial charge in [-0.15, -0.1) is 0 Å². The van der Waals surface area contributed by atoms with Gasteiger partial charge in [-0.2, -0.15) is 0 Å². The minimum Gasteiger partial charge on any atom is -0.414 e. The number of aliphatic hydroxyl groups excluding tert-OH is 1. The van der Waals surface area contributed by atoms with Crippen molar-refractivity contribution >= 4 is 53.3 Å². The van der Waals surface area contributed by atoms with Crippen molar-refractivity contribution in [2.24, 2.45) is 0 Å². The second kappa shape index (κ2) is 18.6. The molecule has 4 atom stereocenters. The number of ketones is 1. The Morgan fingerprint density at radius 2 is 1.30 bits per heavy atom. The summed E-state index contributed by atoms with van der Waals surface area (Å²) < 4.78 is 23.0. The molecule has 0 bridgehead atoms. The summed E-state index contributed by atoms with van der Waals surface area (Å²) in [7, 11) is -5.89. The van der Waals surface area contributed by atoms with Gasteiger partial charge in [-0.3, -0.25) is 4.79 Å². The third-order valence-electron chi connectivity index (χ3n) is 9.92. The summed E-state index contributed by atoms with van der Waals surface area (Å²) in [4.78, 5) is 12.7. The summed E-state index contributed by atoms with van der Waals surface area (Å²) >= 11 is 2.17. The van der Waals surface area contributed by atoms with Crippen molar-refractivity contribution in [3.63, 3.8) is 0 Å². The lowest BCUT2D eigenvalue weighted by molar-refractivity contribution is -0.116. The van der Waals surface area contributed by atoms with Crippen molar-refractivity contribution in [2.75, 3.05) is 0 Å². The molecule has 0 unspecified atom stereocenters. The van der Waals surface area contributed by atoms with E-state index in [4.69, 9.17) is 13.3 Å². The van der Waals surface area contributed by atoms with E-state index in [1.807, 2.05) is 17.1 Å². The maximum Gasteiger partial charge on any atom is 0.192 e. The van der Waals surface area contributed by atoms with Crippen molar-refractivity contribution in [1.82, 2.24) is 0 Å². The van der Waals surface area contributed by atoms with Crippen LogP contribution in [0.3, 0.4) is 0 Å². The number of carbonyl (C=O) groups is 1. The molecule has 0 amide bonds. The molecule has 5 nitrogen and oxygen atoms in total. The van der Waals surface area contributed by atoms with Crippen LogP contribution in [0.2, 0.25) is 54.4 Å². The standard InChI is InChI=1S/C34H69IO5Si3/c1-16-43(17-2,18-3)40-32(23-28(5)38-41(12,13)33(6,7)8)25-31(39-42(14,15)34(9,10)11)21-19-20-29(36)24-30(37)22-27(4)26-35/h19-20,26,28,30-32,37H,16-18,21-25H2,1-15H3/b20-19+,27-26+/t28-,30+,31+,32+/m1/s1. The van der Waals surface area contributed by atoms with Crippen LogP contribution in [0, 0.1) is 0 Å². The van der Waals surface area contributed by atoms with Gasteiger partial charge in [0.2, 0.25) is 0 Å². The van der Waals surface area contributed by atoms with Gasteiger partial charge in [0.1, 0.15) is 0 Å². The van der Waals surface area contributed by atoms with Crippen molar-refractivity contribution in [3.8, 4) is 0 Å². The highest BCUT2D eigenvalue weighted by Crippen LogP contribution is 2.40. The Morgan fingerprint density at radius 1 is 0.814 bits per heavy atom. The fourth-order valence-electron chi connectivity index (χ4n) is 4.86. The van der Waals surface area contributed by atoms with Crippen LogP contribution < -0.4 is 0 Å². The highest BCUT2D eigenvalue weighted by molar-refractivity contribution is 14.1. The molecule has 0 radical (unpaired) electrons. The van der Waals surface area contributed by atoms with E-state index >= 15 is 0 Å². The molecular weight excluding hydrogens is 700 g/mol. The Bertz CT molecular complexity index is 877. The summed E-state index contributed by atoms with van der Waals surface area (Å²) in [6.07, 6.45) is 5.97. The van der Waals surface area contributed by atoms with E-state index in [0.717, 1.165) is 36.5 Å². The first-order valence-corrected chi connectivity index (χ1v) is 26.2. The smallest absolute Gasteiger partial charge is 0.192 e. The number of carbonyl (C=O) groups excluding carboxylic acids is 1. The number of aliphatic hydroxyl groups is 1. The van der Waals surface area contributed by atoms with Crippen LogP contribution in [0.5, 0.6) is 0 Å². The van der Waals surface area contributed by atoms with E-state index < -0.39 is 31.1 Å². The summed E-state index contributed by atoms with van der Waals surface area (Å²) in [6.45, 7) is 34.0.